The molecule has 1 atom stereocenters. The third-order valence-electron chi connectivity index (χ3n) is 3.58. The molecule has 2 aromatic rings. The van der Waals surface area contributed by atoms with Gasteiger partial charge in [0.05, 0.1) is 18.7 Å². The van der Waals surface area contributed by atoms with Crippen LogP contribution in [0.4, 0.5) is 5.69 Å². The van der Waals surface area contributed by atoms with Gasteiger partial charge in [-0.1, -0.05) is 35.9 Å². The second kappa shape index (κ2) is 6.30. The average Bonchev–Trinajstić information content (AvgIpc) is 2.53. The highest BCUT2D eigenvalue weighted by Crippen LogP contribution is 2.35. The van der Waals surface area contributed by atoms with Crippen LogP contribution in [0.2, 0.25) is 5.02 Å². The van der Waals surface area contributed by atoms with Crippen LogP contribution in [0.25, 0.3) is 0 Å². The number of carboxylic acids is 1. The number of rotatable bonds is 4. The van der Waals surface area contributed by atoms with E-state index in [0.717, 1.165) is 5.56 Å². The summed E-state index contributed by atoms with van der Waals surface area (Å²) in [5.41, 5.74) is 1.53. The highest BCUT2D eigenvalue weighted by atomic mass is 35.5. The van der Waals surface area contributed by atoms with E-state index in [0.29, 0.717) is 23.0 Å². The van der Waals surface area contributed by atoms with E-state index in [9.17, 15) is 9.59 Å². The van der Waals surface area contributed by atoms with Gasteiger partial charge in [-0.25, -0.2) is 0 Å². The van der Waals surface area contributed by atoms with Crippen LogP contribution in [0.15, 0.2) is 48.5 Å². The fraction of sp³-hybridized carbons (Fsp3) is 0.176. The fourth-order valence-electron chi connectivity index (χ4n) is 2.50. The molecule has 0 fully saturated rings. The van der Waals surface area contributed by atoms with Crippen molar-refractivity contribution in [3.63, 3.8) is 0 Å². The second-order valence-corrected chi connectivity index (χ2v) is 5.66. The molecule has 0 saturated carbocycles. The topological polar surface area (TPSA) is 66.8 Å². The number of benzene rings is 2. The number of anilines is 1. The smallest absolute Gasteiger partial charge is 0.307 e. The Bertz CT molecular complexity index is 745. The lowest BCUT2D eigenvalue weighted by atomic mass is 10.1. The number of ether oxygens (including phenoxy) is 1. The summed E-state index contributed by atoms with van der Waals surface area (Å²) in [7, 11) is 0. The number of carbonyl (C=O) groups is 2. The summed E-state index contributed by atoms with van der Waals surface area (Å²) >= 11 is 5.88. The van der Waals surface area contributed by atoms with E-state index in [4.69, 9.17) is 21.4 Å². The van der Waals surface area contributed by atoms with E-state index >= 15 is 0 Å². The van der Waals surface area contributed by atoms with Crippen molar-refractivity contribution < 1.29 is 19.4 Å². The second-order valence-electron chi connectivity index (χ2n) is 5.22. The normalized spacial score (nSPS) is 16.7. The van der Waals surface area contributed by atoms with Crippen LogP contribution in [0.5, 0.6) is 5.75 Å². The first-order chi connectivity index (χ1) is 11.0. The molecule has 1 unspecified atom stereocenters. The maximum absolute atomic E-state index is 12.6. The standard InChI is InChI=1S/C17H14ClNO4/c18-12-7-5-11(6-8-12)10-19-13-3-1-2-4-14(13)23-15(17(19)22)9-16(20)21/h1-8,15H,9-10H2,(H,20,21). The number of fused-ring (bicyclic) bond motifs is 1. The largest absolute Gasteiger partial charge is 0.481 e. The molecule has 1 heterocycles. The van der Waals surface area contributed by atoms with Crippen LogP contribution in [-0.4, -0.2) is 23.1 Å². The molecular formula is C17H14ClNO4. The molecule has 1 N–H and O–H groups in total. The van der Waals surface area contributed by atoms with E-state index in [-0.39, 0.29) is 12.3 Å². The SMILES string of the molecule is O=C(O)CC1Oc2ccccc2N(Cc2ccc(Cl)cc2)C1=O. The Kier molecular flexibility index (Phi) is 4.21. The third-order valence-corrected chi connectivity index (χ3v) is 3.83. The van der Waals surface area contributed by atoms with E-state index < -0.39 is 12.1 Å². The summed E-state index contributed by atoms with van der Waals surface area (Å²) in [6.45, 7) is 0.326. The van der Waals surface area contributed by atoms with Crippen LogP contribution >= 0.6 is 11.6 Å². The molecule has 118 valence electrons. The van der Waals surface area contributed by atoms with E-state index in [1.165, 1.54) is 0 Å². The number of carbonyl (C=O) groups excluding carboxylic acids is 1. The molecule has 5 nitrogen and oxygen atoms in total. The summed E-state index contributed by atoms with van der Waals surface area (Å²) in [6.07, 6.45) is -1.39. The van der Waals surface area contributed by atoms with Gasteiger partial charge < -0.3 is 14.7 Å². The van der Waals surface area contributed by atoms with Crippen LogP contribution < -0.4 is 9.64 Å². The van der Waals surface area contributed by atoms with Crippen molar-refractivity contribution in [1.82, 2.24) is 0 Å². The quantitative estimate of drug-likeness (QED) is 0.934. The zero-order chi connectivity index (χ0) is 16.4. The Hall–Kier alpha value is -2.53. The van der Waals surface area contributed by atoms with Crippen molar-refractivity contribution in [2.75, 3.05) is 4.90 Å². The Balaban J connectivity index is 1.93. The minimum absolute atomic E-state index is 0.326. The van der Waals surface area contributed by atoms with Gasteiger partial charge in [-0.05, 0) is 29.8 Å². The van der Waals surface area contributed by atoms with Crippen molar-refractivity contribution >= 4 is 29.2 Å². The third kappa shape index (κ3) is 3.29. The molecule has 0 saturated heterocycles. The number of hydrogen-bond donors (Lipinski definition) is 1. The summed E-state index contributed by atoms with van der Waals surface area (Å²) < 4.78 is 5.55. The lowest BCUT2D eigenvalue weighted by molar-refractivity contribution is -0.142. The number of nitrogens with zero attached hydrogens (tertiary/aromatic N) is 1. The zero-order valence-corrected chi connectivity index (χ0v) is 12.9. The van der Waals surface area contributed by atoms with Gasteiger partial charge in [0, 0.05) is 5.02 Å². The average molecular weight is 332 g/mol. The molecule has 0 radical (unpaired) electrons. The Labute approximate surface area is 138 Å². The van der Waals surface area contributed by atoms with Crippen molar-refractivity contribution in [2.45, 2.75) is 19.1 Å². The van der Waals surface area contributed by atoms with Crippen molar-refractivity contribution in [2.24, 2.45) is 0 Å². The molecule has 23 heavy (non-hydrogen) atoms. The molecule has 1 amide bonds. The van der Waals surface area contributed by atoms with Gasteiger partial charge in [0.1, 0.15) is 5.75 Å². The molecule has 0 bridgehead atoms. The zero-order valence-electron chi connectivity index (χ0n) is 12.1. The molecule has 2 aromatic carbocycles. The van der Waals surface area contributed by atoms with Gasteiger partial charge in [-0.2, -0.15) is 0 Å². The molecular weight excluding hydrogens is 318 g/mol. The summed E-state index contributed by atoms with van der Waals surface area (Å²) in [4.78, 5) is 25.1. The monoisotopic (exact) mass is 331 g/mol. The first kappa shape index (κ1) is 15.4. The van der Waals surface area contributed by atoms with Crippen LogP contribution in [0.3, 0.4) is 0 Å². The summed E-state index contributed by atoms with van der Waals surface area (Å²) in [5, 5.41) is 9.59. The lowest BCUT2D eigenvalue weighted by Gasteiger charge is -2.34. The summed E-state index contributed by atoms with van der Waals surface area (Å²) in [5.74, 6) is -0.928. The van der Waals surface area contributed by atoms with Crippen LogP contribution in [-0.2, 0) is 16.1 Å². The molecule has 0 aromatic heterocycles. The number of hydrogen-bond acceptors (Lipinski definition) is 3. The van der Waals surface area contributed by atoms with Gasteiger partial charge in [0.2, 0.25) is 0 Å². The molecule has 0 spiro atoms. The van der Waals surface area contributed by atoms with Crippen LogP contribution in [0, 0.1) is 0 Å². The fourth-order valence-corrected chi connectivity index (χ4v) is 2.63. The van der Waals surface area contributed by atoms with Gasteiger partial charge in [0.25, 0.3) is 5.91 Å². The van der Waals surface area contributed by atoms with Crippen molar-refractivity contribution in [3.8, 4) is 5.75 Å². The molecule has 6 heteroatoms. The van der Waals surface area contributed by atoms with Gasteiger partial charge in [-0.3, -0.25) is 9.59 Å². The van der Waals surface area contributed by atoms with Gasteiger partial charge >= 0.3 is 5.97 Å². The van der Waals surface area contributed by atoms with Crippen LogP contribution in [0.1, 0.15) is 12.0 Å². The summed E-state index contributed by atoms with van der Waals surface area (Å²) in [6, 6.07) is 14.3. The van der Waals surface area contributed by atoms with E-state index in [2.05, 4.69) is 0 Å². The lowest BCUT2D eigenvalue weighted by Crippen LogP contribution is -2.46. The highest BCUT2D eigenvalue weighted by molar-refractivity contribution is 6.30. The Morgan fingerprint density at radius 1 is 1.17 bits per heavy atom. The number of para-hydroxylation sites is 2. The molecule has 0 aliphatic carbocycles. The maximum atomic E-state index is 12.6. The minimum atomic E-state index is -1.07. The first-order valence-electron chi connectivity index (χ1n) is 7.08. The predicted molar refractivity (Wildman–Crippen MR) is 85.8 cm³/mol. The maximum Gasteiger partial charge on any atom is 0.307 e. The molecule has 1 aliphatic rings. The van der Waals surface area contributed by atoms with Crippen molar-refractivity contribution in [3.05, 3.63) is 59.1 Å². The van der Waals surface area contributed by atoms with E-state index in [1.807, 2.05) is 18.2 Å². The number of carboxylic acid groups (broad SMARTS) is 1. The van der Waals surface area contributed by atoms with Gasteiger partial charge in [-0.15, -0.1) is 0 Å². The van der Waals surface area contributed by atoms with Gasteiger partial charge in [0.15, 0.2) is 6.10 Å². The first-order valence-corrected chi connectivity index (χ1v) is 7.45. The molecule has 1 aliphatic heterocycles. The minimum Gasteiger partial charge on any atom is -0.481 e. The Morgan fingerprint density at radius 2 is 1.87 bits per heavy atom. The Morgan fingerprint density at radius 3 is 2.57 bits per heavy atom. The number of amides is 1. The number of aliphatic carboxylic acids is 1. The molecule has 3 rings (SSSR count). The van der Waals surface area contributed by atoms with E-state index in [1.54, 1.807) is 35.2 Å². The van der Waals surface area contributed by atoms with Crippen molar-refractivity contribution in [1.29, 1.82) is 0 Å². The predicted octanol–water partition coefficient (Wildman–Crippen LogP) is 3.11. The number of halogens is 1. The highest BCUT2D eigenvalue weighted by Gasteiger charge is 2.35.